The number of hydrogen-bond donors (Lipinski definition) is 0. The maximum atomic E-state index is 6.22. The molecule has 0 N–H and O–H groups in total. The van der Waals surface area contributed by atoms with Crippen molar-refractivity contribution in [3.63, 3.8) is 0 Å². The Kier molecular flexibility index (Phi) is 5.97. The van der Waals surface area contributed by atoms with Crippen molar-refractivity contribution in [2.24, 2.45) is 0 Å². The molecule has 2 nitrogen and oxygen atoms in total. The van der Waals surface area contributed by atoms with Gasteiger partial charge in [0.25, 0.3) is 0 Å². The van der Waals surface area contributed by atoms with Crippen LogP contribution in [0.3, 0.4) is 0 Å². The van der Waals surface area contributed by atoms with Gasteiger partial charge in [0.1, 0.15) is 11.2 Å². The number of rotatable bonds is 5. The first-order valence-electron chi connectivity index (χ1n) is 15.9. The molecular formula is C44H31NO. The molecule has 7 aromatic carbocycles. The summed E-state index contributed by atoms with van der Waals surface area (Å²) >= 11 is 0. The van der Waals surface area contributed by atoms with Crippen molar-refractivity contribution >= 4 is 39.0 Å². The van der Waals surface area contributed by atoms with Crippen molar-refractivity contribution in [1.82, 2.24) is 0 Å². The van der Waals surface area contributed by atoms with Gasteiger partial charge in [0, 0.05) is 27.8 Å². The van der Waals surface area contributed by atoms with Crippen LogP contribution in [0.15, 0.2) is 174 Å². The molecule has 0 unspecified atom stereocenters. The van der Waals surface area contributed by atoms with Gasteiger partial charge in [0.15, 0.2) is 0 Å². The van der Waals surface area contributed by atoms with Crippen LogP contribution in [0.1, 0.15) is 27.8 Å². The van der Waals surface area contributed by atoms with Gasteiger partial charge in [-0.05, 0) is 94.4 Å². The van der Waals surface area contributed by atoms with Crippen molar-refractivity contribution in [2.45, 2.75) is 12.3 Å². The van der Waals surface area contributed by atoms with Crippen molar-refractivity contribution < 1.29 is 4.42 Å². The van der Waals surface area contributed by atoms with Gasteiger partial charge in [-0.15, -0.1) is 0 Å². The van der Waals surface area contributed by atoms with Crippen LogP contribution in [-0.4, -0.2) is 0 Å². The Morgan fingerprint density at radius 3 is 1.83 bits per heavy atom. The van der Waals surface area contributed by atoms with Crippen molar-refractivity contribution in [1.29, 1.82) is 0 Å². The average molecular weight is 590 g/mol. The van der Waals surface area contributed by atoms with E-state index in [0.717, 1.165) is 39.0 Å². The number of fused-ring (bicyclic) bond motifs is 6. The molecule has 1 aliphatic rings. The first kappa shape index (κ1) is 26.5. The van der Waals surface area contributed by atoms with Gasteiger partial charge in [-0.2, -0.15) is 0 Å². The third-order valence-electron chi connectivity index (χ3n) is 9.58. The Morgan fingerprint density at radius 2 is 1.04 bits per heavy atom. The van der Waals surface area contributed by atoms with Crippen LogP contribution in [0.4, 0.5) is 17.1 Å². The van der Waals surface area contributed by atoms with Crippen LogP contribution in [-0.2, 0) is 5.41 Å². The third-order valence-corrected chi connectivity index (χ3v) is 9.58. The molecule has 0 fully saturated rings. The van der Waals surface area contributed by atoms with Crippen LogP contribution in [0.25, 0.3) is 33.1 Å². The second-order valence-corrected chi connectivity index (χ2v) is 12.2. The number of benzene rings is 7. The number of anilines is 3. The highest BCUT2D eigenvalue weighted by molar-refractivity contribution is 6.06. The van der Waals surface area contributed by atoms with Gasteiger partial charge in [0.05, 0.1) is 5.41 Å². The van der Waals surface area contributed by atoms with Gasteiger partial charge in [0.2, 0.25) is 0 Å². The van der Waals surface area contributed by atoms with Gasteiger partial charge in [-0.3, -0.25) is 0 Å². The molecule has 218 valence electrons. The molecule has 1 aliphatic carbocycles. The Hall–Kier alpha value is -5.86. The fraction of sp³-hybridized carbons (Fsp3) is 0.0455. The summed E-state index contributed by atoms with van der Waals surface area (Å²) in [6.07, 6.45) is 0. The van der Waals surface area contributed by atoms with Crippen LogP contribution in [0.2, 0.25) is 0 Å². The van der Waals surface area contributed by atoms with Crippen molar-refractivity contribution in [3.05, 3.63) is 198 Å². The van der Waals surface area contributed by atoms with Crippen LogP contribution >= 0.6 is 0 Å². The maximum absolute atomic E-state index is 6.22. The lowest BCUT2D eigenvalue weighted by Crippen LogP contribution is -2.28. The number of para-hydroxylation sites is 1. The fourth-order valence-electron chi connectivity index (χ4n) is 7.64. The predicted molar refractivity (Wildman–Crippen MR) is 190 cm³/mol. The Balaban J connectivity index is 1.33. The number of nitrogens with zero attached hydrogens (tertiary/aromatic N) is 1. The Bertz CT molecular complexity index is 2350. The molecule has 1 heterocycles. The minimum Gasteiger partial charge on any atom is -0.456 e. The molecule has 0 aliphatic heterocycles. The van der Waals surface area contributed by atoms with Gasteiger partial charge in [-0.25, -0.2) is 0 Å². The summed E-state index contributed by atoms with van der Waals surface area (Å²) in [5.74, 6) is 0. The molecule has 0 saturated carbocycles. The smallest absolute Gasteiger partial charge is 0.135 e. The minimum atomic E-state index is -0.465. The second kappa shape index (κ2) is 10.4. The average Bonchev–Trinajstić information content (AvgIpc) is 3.63. The van der Waals surface area contributed by atoms with E-state index < -0.39 is 5.41 Å². The van der Waals surface area contributed by atoms with E-state index in [1.807, 2.05) is 12.1 Å². The van der Waals surface area contributed by atoms with E-state index in [2.05, 4.69) is 170 Å². The highest BCUT2D eigenvalue weighted by Crippen LogP contribution is 2.57. The molecule has 0 atom stereocenters. The zero-order chi connectivity index (χ0) is 30.7. The molecule has 46 heavy (non-hydrogen) atoms. The Morgan fingerprint density at radius 1 is 0.435 bits per heavy atom. The summed E-state index contributed by atoms with van der Waals surface area (Å²) in [6, 6.07) is 61.5. The first-order valence-corrected chi connectivity index (χ1v) is 15.9. The lowest BCUT2D eigenvalue weighted by Gasteiger charge is -2.35. The quantitative estimate of drug-likeness (QED) is 0.199. The maximum Gasteiger partial charge on any atom is 0.135 e. The molecule has 0 amide bonds. The van der Waals surface area contributed by atoms with Crippen molar-refractivity contribution in [3.8, 4) is 11.1 Å². The van der Waals surface area contributed by atoms with Gasteiger partial charge in [-0.1, -0.05) is 121 Å². The van der Waals surface area contributed by atoms with E-state index >= 15 is 0 Å². The zero-order valence-electron chi connectivity index (χ0n) is 25.5. The number of hydrogen-bond acceptors (Lipinski definition) is 2. The van der Waals surface area contributed by atoms with E-state index in [9.17, 15) is 0 Å². The predicted octanol–water partition coefficient (Wildman–Crippen LogP) is 11.7. The molecule has 0 bridgehead atoms. The first-order chi connectivity index (χ1) is 22.7. The third kappa shape index (κ3) is 3.90. The molecule has 2 heteroatoms. The lowest BCUT2D eigenvalue weighted by molar-refractivity contribution is 0.669. The molecular weight excluding hydrogens is 558 g/mol. The molecule has 1 aromatic heterocycles. The number of furan rings is 1. The lowest BCUT2D eigenvalue weighted by atomic mass is 9.67. The normalized spacial score (nSPS) is 13.1. The highest BCUT2D eigenvalue weighted by atomic mass is 16.3. The van der Waals surface area contributed by atoms with Crippen LogP contribution < -0.4 is 4.90 Å². The van der Waals surface area contributed by atoms with Crippen LogP contribution in [0, 0.1) is 6.92 Å². The molecule has 9 rings (SSSR count). The summed E-state index contributed by atoms with van der Waals surface area (Å²) in [5, 5.41) is 2.24. The van der Waals surface area contributed by atoms with Gasteiger partial charge >= 0.3 is 0 Å². The summed E-state index contributed by atoms with van der Waals surface area (Å²) in [6.45, 7) is 2.16. The van der Waals surface area contributed by atoms with Crippen molar-refractivity contribution in [2.75, 3.05) is 4.90 Å². The Labute approximate surface area is 268 Å². The standard InChI is InChI=1S/C44H31NO/c1-30-13-12-18-33(27-30)45(34-24-26-43-39(28-34)38-20-9-11-22-42(38)46-43)35-23-25-37-36-19-8-10-21-40(36)44(41(37)29-35,31-14-4-2-5-15-31)32-16-6-3-7-17-32/h2-29H,1H3. The molecule has 0 radical (unpaired) electrons. The fourth-order valence-corrected chi connectivity index (χ4v) is 7.64. The van der Waals surface area contributed by atoms with Gasteiger partial charge < -0.3 is 9.32 Å². The summed E-state index contributed by atoms with van der Waals surface area (Å²) in [7, 11) is 0. The van der Waals surface area contributed by atoms with E-state index in [1.54, 1.807) is 0 Å². The number of aryl methyl sites for hydroxylation is 1. The van der Waals surface area contributed by atoms with E-state index in [1.165, 1.54) is 38.9 Å². The summed E-state index contributed by atoms with van der Waals surface area (Å²) in [5.41, 5.74) is 13.5. The largest absolute Gasteiger partial charge is 0.456 e. The highest BCUT2D eigenvalue weighted by Gasteiger charge is 2.46. The van der Waals surface area contributed by atoms with E-state index in [-0.39, 0.29) is 0 Å². The topological polar surface area (TPSA) is 16.4 Å². The second-order valence-electron chi connectivity index (χ2n) is 12.2. The van der Waals surface area contributed by atoms with E-state index in [4.69, 9.17) is 4.42 Å². The summed E-state index contributed by atoms with van der Waals surface area (Å²) < 4.78 is 6.22. The monoisotopic (exact) mass is 589 g/mol. The van der Waals surface area contributed by atoms with E-state index in [0.29, 0.717) is 0 Å². The molecule has 0 spiro atoms. The van der Waals surface area contributed by atoms with Crippen LogP contribution in [0.5, 0.6) is 0 Å². The minimum absolute atomic E-state index is 0.465. The summed E-state index contributed by atoms with van der Waals surface area (Å²) in [4.78, 5) is 2.39. The SMILES string of the molecule is Cc1cccc(N(c2ccc3c(c2)C(c2ccccc2)(c2ccccc2)c2ccccc2-3)c2ccc3oc4ccccc4c3c2)c1. The molecule has 8 aromatic rings. The molecule has 0 saturated heterocycles. The zero-order valence-corrected chi connectivity index (χ0v) is 25.5.